The summed E-state index contributed by atoms with van der Waals surface area (Å²) in [6, 6.07) is 15.0. The molecule has 0 fully saturated rings. The summed E-state index contributed by atoms with van der Waals surface area (Å²) in [5, 5.41) is 0. The zero-order valence-electron chi connectivity index (χ0n) is 14.9. The predicted molar refractivity (Wildman–Crippen MR) is 104 cm³/mol. The van der Waals surface area contributed by atoms with E-state index in [1.165, 1.54) is 21.7 Å². The lowest BCUT2D eigenvalue weighted by Gasteiger charge is -2.22. The third kappa shape index (κ3) is 3.67. The molecule has 0 N–H and O–H groups in total. The van der Waals surface area contributed by atoms with Crippen LogP contribution >= 0.6 is 11.8 Å². The van der Waals surface area contributed by atoms with Crippen LogP contribution in [-0.4, -0.2) is 12.8 Å². The number of hydrogen-bond acceptors (Lipinski definition) is 3. The van der Waals surface area contributed by atoms with Crippen molar-refractivity contribution in [3.8, 4) is 5.75 Å². The first kappa shape index (κ1) is 17.1. The molecule has 0 unspecified atom stereocenters. The van der Waals surface area contributed by atoms with E-state index in [4.69, 9.17) is 9.73 Å². The molecule has 0 aromatic heterocycles. The number of aliphatic imine (C=N–C) groups is 1. The van der Waals surface area contributed by atoms with E-state index in [1.807, 2.05) is 23.9 Å². The fourth-order valence-corrected chi connectivity index (χ4v) is 3.62. The van der Waals surface area contributed by atoms with Gasteiger partial charge in [-0.05, 0) is 41.8 Å². The Bertz CT molecular complexity index is 747. The van der Waals surface area contributed by atoms with Gasteiger partial charge in [-0.15, -0.1) is 11.8 Å². The number of methoxy groups -OCH3 is 1. The lowest BCUT2D eigenvalue weighted by molar-refractivity contribution is 0.414. The lowest BCUT2D eigenvalue weighted by atomic mass is 9.83. The first-order chi connectivity index (χ1) is 11.5. The molecule has 2 nitrogen and oxygen atoms in total. The van der Waals surface area contributed by atoms with Crippen LogP contribution in [0, 0.1) is 5.41 Å². The first-order valence-corrected chi connectivity index (χ1v) is 9.47. The highest BCUT2D eigenvalue weighted by molar-refractivity contribution is 7.98. The van der Waals surface area contributed by atoms with Crippen molar-refractivity contribution in [2.75, 3.05) is 7.11 Å². The van der Waals surface area contributed by atoms with Gasteiger partial charge in [-0.25, -0.2) is 0 Å². The molecule has 1 aliphatic heterocycles. The van der Waals surface area contributed by atoms with Crippen LogP contribution in [0.3, 0.4) is 0 Å². The van der Waals surface area contributed by atoms with Crippen LogP contribution in [0.2, 0.25) is 0 Å². The summed E-state index contributed by atoms with van der Waals surface area (Å²) in [4.78, 5) is 6.20. The van der Waals surface area contributed by atoms with E-state index >= 15 is 0 Å². The maximum absolute atomic E-state index is 5.21. The van der Waals surface area contributed by atoms with Crippen LogP contribution < -0.4 is 4.74 Å². The van der Waals surface area contributed by atoms with Crippen LogP contribution in [-0.2, 0) is 12.2 Å². The maximum atomic E-state index is 5.21. The highest BCUT2D eigenvalue weighted by Gasteiger charge is 2.27. The van der Waals surface area contributed by atoms with E-state index < -0.39 is 0 Å². The highest BCUT2D eigenvalue weighted by atomic mass is 32.2. The summed E-state index contributed by atoms with van der Waals surface area (Å²) in [5.74, 6) is 1.86. The second-order valence-electron chi connectivity index (χ2n) is 6.90. The number of nitrogens with zero attached hydrogens (tertiary/aromatic N) is 1. The number of rotatable bonds is 6. The van der Waals surface area contributed by atoms with Crippen LogP contribution in [0.25, 0.3) is 0 Å². The van der Waals surface area contributed by atoms with Gasteiger partial charge in [0.1, 0.15) is 5.75 Å². The van der Waals surface area contributed by atoms with E-state index in [9.17, 15) is 0 Å². The van der Waals surface area contributed by atoms with E-state index in [1.54, 1.807) is 7.11 Å². The number of hydrogen-bond donors (Lipinski definition) is 0. The molecule has 3 heteroatoms. The van der Waals surface area contributed by atoms with Gasteiger partial charge in [0, 0.05) is 28.2 Å². The predicted octanol–water partition coefficient (Wildman–Crippen LogP) is 6.05. The number of benzene rings is 2. The largest absolute Gasteiger partial charge is 0.497 e. The summed E-state index contributed by atoms with van der Waals surface area (Å²) < 4.78 is 5.21. The van der Waals surface area contributed by atoms with Crippen molar-refractivity contribution in [2.45, 2.75) is 44.3 Å². The minimum absolute atomic E-state index is 0.190. The van der Waals surface area contributed by atoms with Crippen molar-refractivity contribution < 1.29 is 4.74 Å². The Hall–Kier alpha value is -1.74. The molecule has 0 amide bonds. The molecular formula is C21H25NOS. The van der Waals surface area contributed by atoms with Gasteiger partial charge in [0.15, 0.2) is 0 Å². The van der Waals surface area contributed by atoms with Gasteiger partial charge >= 0.3 is 0 Å². The van der Waals surface area contributed by atoms with Crippen molar-refractivity contribution >= 4 is 23.2 Å². The summed E-state index contributed by atoms with van der Waals surface area (Å²) in [6.07, 6.45) is 2.12. The Balaban J connectivity index is 1.69. The molecule has 2 aromatic rings. The molecule has 0 radical (unpaired) electrons. The van der Waals surface area contributed by atoms with Gasteiger partial charge < -0.3 is 4.74 Å². The fourth-order valence-electron chi connectivity index (χ4n) is 2.74. The molecule has 0 saturated heterocycles. The van der Waals surface area contributed by atoms with E-state index in [0.29, 0.717) is 0 Å². The van der Waals surface area contributed by atoms with Gasteiger partial charge in [-0.1, -0.05) is 39.0 Å². The minimum Gasteiger partial charge on any atom is -0.497 e. The van der Waals surface area contributed by atoms with Crippen molar-refractivity contribution in [1.82, 2.24) is 0 Å². The SMILES string of the molecule is CCC(C)(C)C1=Nc2cc(SCc3ccc(OC)cc3)ccc2C1. The molecule has 0 aliphatic carbocycles. The first-order valence-electron chi connectivity index (χ1n) is 8.48. The quantitative estimate of drug-likeness (QED) is 0.597. The Morgan fingerprint density at radius 3 is 2.54 bits per heavy atom. The maximum Gasteiger partial charge on any atom is 0.118 e. The summed E-state index contributed by atoms with van der Waals surface area (Å²) in [7, 11) is 1.70. The topological polar surface area (TPSA) is 21.6 Å². The standard InChI is InChI=1S/C21H25NOS/c1-5-21(2,3)20-12-16-8-11-18(13-19(16)22-20)24-14-15-6-9-17(23-4)10-7-15/h6-11,13H,5,12,14H2,1-4H3. The second kappa shape index (κ2) is 7.02. The highest BCUT2D eigenvalue weighted by Crippen LogP contribution is 2.37. The average molecular weight is 340 g/mol. The Kier molecular flexibility index (Phi) is 5.00. The number of thioether (sulfide) groups is 1. The molecular weight excluding hydrogens is 314 g/mol. The zero-order chi connectivity index (χ0) is 17.2. The lowest BCUT2D eigenvalue weighted by Crippen LogP contribution is -2.23. The van der Waals surface area contributed by atoms with Crippen LogP contribution in [0.1, 0.15) is 38.3 Å². The van der Waals surface area contributed by atoms with Crippen LogP contribution in [0.15, 0.2) is 52.4 Å². The number of fused-ring (bicyclic) bond motifs is 1. The molecule has 24 heavy (non-hydrogen) atoms. The smallest absolute Gasteiger partial charge is 0.118 e. The van der Waals surface area contributed by atoms with Crippen LogP contribution in [0.5, 0.6) is 5.75 Å². The minimum atomic E-state index is 0.190. The molecule has 126 valence electrons. The summed E-state index contributed by atoms with van der Waals surface area (Å²) in [5.41, 5.74) is 5.33. The van der Waals surface area contributed by atoms with Gasteiger partial charge in [0.2, 0.25) is 0 Å². The molecule has 0 bridgehead atoms. The number of ether oxygens (including phenoxy) is 1. The molecule has 1 aliphatic rings. The van der Waals surface area contributed by atoms with Crippen molar-refractivity contribution in [3.05, 3.63) is 53.6 Å². The van der Waals surface area contributed by atoms with Gasteiger partial charge in [-0.2, -0.15) is 0 Å². The molecule has 3 rings (SSSR count). The van der Waals surface area contributed by atoms with E-state index in [2.05, 4.69) is 51.1 Å². The Labute approximate surface area is 149 Å². The average Bonchev–Trinajstić information content (AvgIpc) is 3.04. The molecule has 0 spiro atoms. The van der Waals surface area contributed by atoms with E-state index in [-0.39, 0.29) is 5.41 Å². The Morgan fingerprint density at radius 2 is 1.88 bits per heavy atom. The fraction of sp³-hybridized carbons (Fsp3) is 0.381. The third-order valence-electron chi connectivity index (χ3n) is 4.90. The van der Waals surface area contributed by atoms with Gasteiger partial charge in [0.05, 0.1) is 12.8 Å². The van der Waals surface area contributed by atoms with Crippen LogP contribution in [0.4, 0.5) is 5.69 Å². The Morgan fingerprint density at radius 1 is 1.12 bits per heavy atom. The monoisotopic (exact) mass is 339 g/mol. The molecule has 0 saturated carbocycles. The van der Waals surface area contributed by atoms with Crippen molar-refractivity contribution in [1.29, 1.82) is 0 Å². The third-order valence-corrected chi connectivity index (χ3v) is 5.96. The van der Waals surface area contributed by atoms with Gasteiger partial charge in [0.25, 0.3) is 0 Å². The molecule has 1 heterocycles. The zero-order valence-corrected chi connectivity index (χ0v) is 15.7. The summed E-state index contributed by atoms with van der Waals surface area (Å²) in [6.45, 7) is 6.82. The molecule has 2 aromatic carbocycles. The summed E-state index contributed by atoms with van der Waals surface area (Å²) >= 11 is 1.86. The van der Waals surface area contributed by atoms with Gasteiger partial charge in [-0.3, -0.25) is 4.99 Å². The van der Waals surface area contributed by atoms with Crippen molar-refractivity contribution in [3.63, 3.8) is 0 Å². The molecule has 0 atom stereocenters. The van der Waals surface area contributed by atoms with E-state index in [0.717, 1.165) is 30.0 Å². The normalized spacial score (nSPS) is 13.6. The van der Waals surface area contributed by atoms with Crippen molar-refractivity contribution in [2.24, 2.45) is 10.4 Å². The second-order valence-corrected chi connectivity index (χ2v) is 7.95.